The minimum absolute atomic E-state index is 0.259. The molecule has 0 aromatic carbocycles. The second kappa shape index (κ2) is 18.5. The van der Waals surface area contributed by atoms with Crippen molar-refractivity contribution < 1.29 is 4.79 Å². The van der Waals surface area contributed by atoms with E-state index < -0.39 is 0 Å². The lowest BCUT2D eigenvalue weighted by molar-refractivity contribution is -0.121. The van der Waals surface area contributed by atoms with Crippen LogP contribution in [0.2, 0.25) is 0 Å². The Bertz CT molecular complexity index is 358. The molecule has 0 saturated carbocycles. The lowest BCUT2D eigenvalue weighted by Gasteiger charge is -2.33. The zero-order chi connectivity index (χ0) is 20.3. The Morgan fingerprint density at radius 2 is 1.39 bits per heavy atom. The Morgan fingerprint density at radius 3 is 1.96 bits per heavy atom. The summed E-state index contributed by atoms with van der Waals surface area (Å²) in [7, 11) is 0. The summed E-state index contributed by atoms with van der Waals surface area (Å²) in [6, 6.07) is 0.732. The minimum atomic E-state index is 0.259. The lowest BCUT2D eigenvalue weighted by Crippen LogP contribution is -2.39. The molecule has 1 fully saturated rings. The molecule has 1 unspecified atom stereocenters. The van der Waals surface area contributed by atoms with Gasteiger partial charge in [0, 0.05) is 25.6 Å². The number of likely N-dealkylation sites (tertiary alicyclic amines) is 1. The number of amides is 1. The highest BCUT2D eigenvalue weighted by Crippen LogP contribution is 2.16. The fourth-order valence-electron chi connectivity index (χ4n) is 4.39. The highest BCUT2D eigenvalue weighted by molar-refractivity contribution is 5.75. The van der Waals surface area contributed by atoms with Crippen molar-refractivity contribution >= 4 is 5.91 Å². The zero-order valence-corrected chi connectivity index (χ0v) is 19.3. The molecule has 0 aliphatic carbocycles. The quantitative estimate of drug-likeness (QED) is 0.258. The number of nitrogens with zero attached hydrogens (tertiary/aromatic N) is 1. The number of hydrogen-bond acceptors (Lipinski definition) is 2. The van der Waals surface area contributed by atoms with E-state index in [1.165, 1.54) is 103 Å². The Hall–Kier alpha value is -0.570. The molecule has 0 spiro atoms. The number of nitrogens with one attached hydrogen (secondary N) is 1. The molecule has 166 valence electrons. The first kappa shape index (κ1) is 25.5. The standard InChI is InChI=1S/C25H50N2O/c1-3-4-5-6-7-8-9-10-11-12-13-14-15-20-25(28)26-21-18-23-27-22-17-16-19-24(27)2/h24H,3-23H2,1-2H3,(H,26,28). The molecule has 0 aromatic rings. The summed E-state index contributed by atoms with van der Waals surface area (Å²) in [5.41, 5.74) is 0. The third-order valence-electron chi connectivity index (χ3n) is 6.39. The molecule has 1 aliphatic rings. The van der Waals surface area contributed by atoms with E-state index in [2.05, 4.69) is 24.1 Å². The van der Waals surface area contributed by atoms with Crippen LogP contribution in [0.5, 0.6) is 0 Å². The first-order valence-electron chi connectivity index (χ1n) is 12.7. The van der Waals surface area contributed by atoms with Gasteiger partial charge in [0.25, 0.3) is 0 Å². The highest BCUT2D eigenvalue weighted by atomic mass is 16.1. The largest absolute Gasteiger partial charge is 0.356 e. The molecule has 1 N–H and O–H groups in total. The minimum Gasteiger partial charge on any atom is -0.356 e. The third kappa shape index (κ3) is 14.4. The second-order valence-corrected chi connectivity index (χ2v) is 9.08. The summed E-state index contributed by atoms with van der Waals surface area (Å²) in [6.07, 6.45) is 23.5. The van der Waals surface area contributed by atoms with Crippen molar-refractivity contribution in [1.82, 2.24) is 10.2 Å². The van der Waals surface area contributed by atoms with Crippen LogP contribution in [0, 0.1) is 0 Å². The Morgan fingerprint density at radius 1 is 0.821 bits per heavy atom. The fourth-order valence-corrected chi connectivity index (χ4v) is 4.39. The zero-order valence-electron chi connectivity index (χ0n) is 19.3. The first-order valence-corrected chi connectivity index (χ1v) is 12.7. The van der Waals surface area contributed by atoms with Crippen LogP contribution >= 0.6 is 0 Å². The summed E-state index contributed by atoms with van der Waals surface area (Å²) in [4.78, 5) is 14.5. The maximum atomic E-state index is 11.9. The van der Waals surface area contributed by atoms with Crippen molar-refractivity contribution in [3.63, 3.8) is 0 Å². The summed E-state index contributed by atoms with van der Waals surface area (Å²) in [5.74, 6) is 0.259. The van der Waals surface area contributed by atoms with Crippen molar-refractivity contribution in [1.29, 1.82) is 0 Å². The van der Waals surface area contributed by atoms with E-state index in [-0.39, 0.29) is 5.91 Å². The second-order valence-electron chi connectivity index (χ2n) is 9.08. The van der Waals surface area contributed by atoms with Gasteiger partial charge in [-0.1, -0.05) is 90.4 Å². The molecule has 3 heteroatoms. The van der Waals surface area contributed by atoms with E-state index in [1.54, 1.807) is 0 Å². The number of carbonyl (C=O) groups is 1. The van der Waals surface area contributed by atoms with Gasteiger partial charge in [-0.25, -0.2) is 0 Å². The van der Waals surface area contributed by atoms with Gasteiger partial charge in [0.15, 0.2) is 0 Å². The molecule has 1 atom stereocenters. The Balaban J connectivity index is 1.78. The summed E-state index contributed by atoms with van der Waals surface area (Å²) in [6.45, 7) is 7.85. The number of hydrogen-bond donors (Lipinski definition) is 1. The van der Waals surface area contributed by atoms with Gasteiger partial charge in [0.05, 0.1) is 0 Å². The van der Waals surface area contributed by atoms with E-state index in [1.807, 2.05) is 0 Å². The van der Waals surface area contributed by atoms with Crippen molar-refractivity contribution in [2.75, 3.05) is 19.6 Å². The van der Waals surface area contributed by atoms with E-state index in [4.69, 9.17) is 0 Å². The molecule has 1 rings (SSSR count). The normalized spacial score (nSPS) is 17.7. The van der Waals surface area contributed by atoms with E-state index in [0.29, 0.717) is 0 Å². The molecule has 0 bridgehead atoms. The van der Waals surface area contributed by atoms with Crippen LogP contribution in [0.3, 0.4) is 0 Å². The average molecular weight is 395 g/mol. The molecule has 0 aromatic heterocycles. The Labute approximate surface area is 176 Å². The molecule has 1 aliphatic heterocycles. The van der Waals surface area contributed by atoms with E-state index in [0.717, 1.165) is 38.4 Å². The number of piperidine rings is 1. The van der Waals surface area contributed by atoms with Crippen molar-refractivity contribution in [3.8, 4) is 0 Å². The van der Waals surface area contributed by atoms with Gasteiger partial charge in [-0.2, -0.15) is 0 Å². The molecular weight excluding hydrogens is 344 g/mol. The van der Waals surface area contributed by atoms with Crippen molar-refractivity contribution in [3.05, 3.63) is 0 Å². The maximum absolute atomic E-state index is 11.9. The summed E-state index contributed by atoms with van der Waals surface area (Å²) >= 11 is 0. The topological polar surface area (TPSA) is 32.3 Å². The molecular formula is C25H50N2O. The molecule has 3 nitrogen and oxygen atoms in total. The van der Waals surface area contributed by atoms with Gasteiger partial charge in [-0.15, -0.1) is 0 Å². The lowest BCUT2D eigenvalue weighted by atomic mass is 10.0. The number of unbranched alkanes of at least 4 members (excludes halogenated alkanes) is 12. The number of rotatable bonds is 18. The third-order valence-corrected chi connectivity index (χ3v) is 6.39. The van der Waals surface area contributed by atoms with Gasteiger partial charge in [0.2, 0.25) is 5.91 Å². The van der Waals surface area contributed by atoms with Crippen LogP contribution in [0.25, 0.3) is 0 Å². The summed E-state index contributed by atoms with van der Waals surface area (Å²) < 4.78 is 0. The smallest absolute Gasteiger partial charge is 0.219 e. The van der Waals surface area contributed by atoms with Gasteiger partial charge in [-0.05, 0) is 39.2 Å². The van der Waals surface area contributed by atoms with Gasteiger partial charge >= 0.3 is 0 Å². The van der Waals surface area contributed by atoms with Crippen LogP contribution in [0.1, 0.15) is 129 Å². The first-order chi connectivity index (χ1) is 13.7. The predicted molar refractivity (Wildman–Crippen MR) is 123 cm³/mol. The molecule has 1 heterocycles. The molecule has 1 saturated heterocycles. The summed E-state index contributed by atoms with van der Waals surface area (Å²) in [5, 5.41) is 3.11. The van der Waals surface area contributed by atoms with Crippen LogP contribution in [0.15, 0.2) is 0 Å². The fraction of sp³-hybridized carbons (Fsp3) is 0.960. The molecule has 0 radical (unpaired) electrons. The van der Waals surface area contributed by atoms with Crippen LogP contribution in [-0.4, -0.2) is 36.5 Å². The molecule has 1 amide bonds. The van der Waals surface area contributed by atoms with Crippen molar-refractivity contribution in [2.45, 2.75) is 135 Å². The molecule has 28 heavy (non-hydrogen) atoms. The average Bonchev–Trinajstić information content (AvgIpc) is 2.70. The van der Waals surface area contributed by atoms with Gasteiger partial charge < -0.3 is 10.2 Å². The van der Waals surface area contributed by atoms with E-state index >= 15 is 0 Å². The Kier molecular flexibility index (Phi) is 16.8. The van der Waals surface area contributed by atoms with Gasteiger partial charge in [0.1, 0.15) is 0 Å². The monoisotopic (exact) mass is 394 g/mol. The van der Waals surface area contributed by atoms with Crippen LogP contribution in [-0.2, 0) is 4.79 Å². The SMILES string of the molecule is CCCCCCCCCCCCCCCC(=O)NCCCN1CCCCC1C. The van der Waals surface area contributed by atoms with Crippen molar-refractivity contribution in [2.24, 2.45) is 0 Å². The maximum Gasteiger partial charge on any atom is 0.219 e. The van der Waals surface area contributed by atoms with Crippen LogP contribution < -0.4 is 5.32 Å². The number of carbonyl (C=O) groups excluding carboxylic acids is 1. The highest BCUT2D eigenvalue weighted by Gasteiger charge is 2.17. The van der Waals surface area contributed by atoms with Gasteiger partial charge in [-0.3, -0.25) is 4.79 Å². The van der Waals surface area contributed by atoms with E-state index in [9.17, 15) is 4.79 Å². The van der Waals surface area contributed by atoms with Crippen LogP contribution in [0.4, 0.5) is 0 Å². The predicted octanol–water partition coefficient (Wildman–Crippen LogP) is 6.85.